The topological polar surface area (TPSA) is 59.0 Å². The quantitative estimate of drug-likeness (QED) is 0.557. The van der Waals surface area contributed by atoms with E-state index in [1.54, 1.807) is 42.5 Å². The second kappa shape index (κ2) is 8.10. The van der Waals surface area contributed by atoms with Gasteiger partial charge in [-0.3, -0.25) is 4.79 Å². The van der Waals surface area contributed by atoms with Crippen molar-refractivity contribution in [3.8, 4) is 0 Å². The number of hydrogen-bond donors (Lipinski definition) is 0. The Labute approximate surface area is 156 Å². The highest BCUT2D eigenvalue weighted by atomic mass is 32.1. The van der Waals surface area contributed by atoms with Gasteiger partial charge in [-0.05, 0) is 55.1 Å². The number of thiophene rings is 1. The highest BCUT2D eigenvalue weighted by Crippen LogP contribution is 2.27. The molecule has 1 aliphatic rings. The summed E-state index contributed by atoms with van der Waals surface area (Å²) >= 11 is 1.59. The Balaban J connectivity index is 1.88. The smallest absolute Gasteiger partial charge is 0.338 e. The molecule has 5 nitrogen and oxygen atoms in total. The first kappa shape index (κ1) is 18.1. The molecule has 0 fully saturated rings. The Morgan fingerprint density at radius 2 is 2.00 bits per heavy atom. The van der Waals surface area contributed by atoms with Crippen molar-refractivity contribution in [2.24, 2.45) is 5.10 Å². The van der Waals surface area contributed by atoms with Gasteiger partial charge in [-0.15, -0.1) is 11.3 Å². The number of carbonyl (C=O) groups excluding carboxylic acids is 2. The summed E-state index contributed by atoms with van der Waals surface area (Å²) in [5.41, 5.74) is 2.50. The number of hydrogen-bond acceptors (Lipinski definition) is 5. The fraction of sp³-hybridized carbons (Fsp3) is 0.250. The summed E-state index contributed by atoms with van der Waals surface area (Å²) in [4.78, 5) is 25.7. The highest BCUT2D eigenvalue weighted by Gasteiger charge is 2.30. The van der Waals surface area contributed by atoms with E-state index in [0.29, 0.717) is 23.4 Å². The van der Waals surface area contributed by atoms with Crippen molar-refractivity contribution in [3.05, 3.63) is 57.8 Å². The van der Waals surface area contributed by atoms with Gasteiger partial charge in [0.05, 0.1) is 29.1 Å². The molecule has 0 bridgehead atoms. The van der Waals surface area contributed by atoms with Gasteiger partial charge in [0.1, 0.15) is 0 Å². The van der Waals surface area contributed by atoms with Gasteiger partial charge in [-0.2, -0.15) is 10.1 Å². The van der Waals surface area contributed by atoms with Crippen molar-refractivity contribution in [1.82, 2.24) is 0 Å². The minimum absolute atomic E-state index is 0.147. The summed E-state index contributed by atoms with van der Waals surface area (Å²) in [5, 5.41) is 7.91. The summed E-state index contributed by atoms with van der Waals surface area (Å²) in [6.07, 6.45) is 3.54. The monoisotopic (exact) mass is 368 g/mol. The summed E-state index contributed by atoms with van der Waals surface area (Å²) in [5.74, 6) is -0.522. The lowest BCUT2D eigenvalue weighted by Crippen LogP contribution is -2.21. The second-order valence-electron chi connectivity index (χ2n) is 5.75. The molecule has 1 aromatic heterocycles. The van der Waals surface area contributed by atoms with Crippen LogP contribution in [0.25, 0.3) is 6.08 Å². The van der Waals surface area contributed by atoms with E-state index in [2.05, 4.69) is 12.0 Å². The molecule has 26 heavy (non-hydrogen) atoms. The van der Waals surface area contributed by atoms with Crippen LogP contribution in [-0.4, -0.2) is 24.2 Å². The molecule has 134 valence electrons. The predicted molar refractivity (Wildman–Crippen MR) is 105 cm³/mol. The van der Waals surface area contributed by atoms with E-state index in [4.69, 9.17) is 4.74 Å². The van der Waals surface area contributed by atoms with Gasteiger partial charge in [0.25, 0.3) is 5.91 Å². The van der Waals surface area contributed by atoms with E-state index in [0.717, 1.165) is 23.4 Å². The average Bonchev–Trinajstić information content (AvgIpc) is 3.26. The molecule has 0 radical (unpaired) electrons. The number of amides is 1. The highest BCUT2D eigenvalue weighted by molar-refractivity contribution is 7.10. The molecule has 2 heterocycles. The van der Waals surface area contributed by atoms with Crippen molar-refractivity contribution < 1.29 is 14.3 Å². The molecule has 0 unspecified atom stereocenters. The third kappa shape index (κ3) is 3.75. The zero-order valence-electron chi connectivity index (χ0n) is 14.8. The summed E-state index contributed by atoms with van der Waals surface area (Å²) in [6, 6.07) is 10.7. The van der Waals surface area contributed by atoms with Crippen LogP contribution in [0, 0.1) is 0 Å². The molecule has 6 heteroatoms. The van der Waals surface area contributed by atoms with Crippen LogP contribution in [-0.2, 0) is 9.53 Å². The van der Waals surface area contributed by atoms with Gasteiger partial charge in [-0.1, -0.05) is 19.4 Å². The van der Waals surface area contributed by atoms with Crippen LogP contribution in [0.3, 0.4) is 0 Å². The predicted octanol–water partition coefficient (Wildman–Crippen LogP) is 4.51. The molecule has 3 rings (SSSR count). The number of hydrazone groups is 1. The second-order valence-corrected chi connectivity index (χ2v) is 6.73. The zero-order valence-corrected chi connectivity index (χ0v) is 15.6. The molecule has 1 amide bonds. The third-order valence-corrected chi connectivity index (χ3v) is 4.71. The van der Waals surface area contributed by atoms with E-state index < -0.39 is 0 Å². The molecule has 2 aromatic rings. The van der Waals surface area contributed by atoms with Crippen LogP contribution >= 0.6 is 11.3 Å². The van der Waals surface area contributed by atoms with Crippen LogP contribution in [0.2, 0.25) is 0 Å². The Bertz CT molecular complexity index is 852. The van der Waals surface area contributed by atoms with E-state index in [1.165, 1.54) is 5.01 Å². The number of benzene rings is 1. The molecule has 0 spiro atoms. The Hall–Kier alpha value is -2.73. The van der Waals surface area contributed by atoms with Gasteiger partial charge in [-0.25, -0.2) is 4.79 Å². The SMILES string of the molecule is CCCC1=NN(c2ccc(C(=O)OCC)cc2)C(=O)/C1=C/c1cccs1. The van der Waals surface area contributed by atoms with Gasteiger partial charge in [0, 0.05) is 4.88 Å². The maximum atomic E-state index is 12.9. The molecule has 0 saturated carbocycles. The molecule has 0 saturated heterocycles. The average molecular weight is 368 g/mol. The van der Waals surface area contributed by atoms with E-state index >= 15 is 0 Å². The molecular weight excluding hydrogens is 348 g/mol. The first-order valence-corrected chi connectivity index (χ1v) is 9.46. The first-order valence-electron chi connectivity index (χ1n) is 8.58. The van der Waals surface area contributed by atoms with Crippen LogP contribution in [0.5, 0.6) is 0 Å². The fourth-order valence-corrected chi connectivity index (χ4v) is 3.33. The Kier molecular flexibility index (Phi) is 5.63. The van der Waals surface area contributed by atoms with Crippen molar-refractivity contribution in [2.45, 2.75) is 26.7 Å². The third-order valence-electron chi connectivity index (χ3n) is 3.89. The van der Waals surface area contributed by atoms with Crippen LogP contribution < -0.4 is 5.01 Å². The Morgan fingerprint density at radius 1 is 1.23 bits per heavy atom. The number of anilines is 1. The minimum Gasteiger partial charge on any atom is -0.462 e. The molecule has 0 atom stereocenters. The van der Waals surface area contributed by atoms with Gasteiger partial charge >= 0.3 is 5.97 Å². The van der Waals surface area contributed by atoms with Crippen molar-refractivity contribution in [2.75, 3.05) is 11.6 Å². The van der Waals surface area contributed by atoms with Crippen LogP contribution in [0.1, 0.15) is 41.9 Å². The number of rotatable bonds is 6. The van der Waals surface area contributed by atoms with Gasteiger partial charge in [0.2, 0.25) is 0 Å². The summed E-state index contributed by atoms with van der Waals surface area (Å²) in [7, 11) is 0. The molecule has 0 N–H and O–H groups in total. The minimum atomic E-state index is -0.375. The molecule has 0 aliphatic carbocycles. The summed E-state index contributed by atoms with van der Waals surface area (Å²) in [6.45, 7) is 4.15. The van der Waals surface area contributed by atoms with E-state index in [1.807, 2.05) is 23.6 Å². The van der Waals surface area contributed by atoms with Crippen LogP contribution in [0.15, 0.2) is 52.5 Å². The molecular formula is C20H20N2O3S. The number of ether oxygens (including phenoxy) is 1. The standard InChI is InChI=1S/C20H20N2O3S/c1-3-6-18-17(13-16-7-5-12-26-16)19(23)22(21-18)15-10-8-14(9-11-15)20(24)25-4-2/h5,7-13H,3-4,6H2,1-2H3/b17-13+. The number of carbonyl (C=O) groups is 2. The molecule has 1 aromatic carbocycles. The number of esters is 1. The van der Waals surface area contributed by atoms with Gasteiger partial charge in [0.15, 0.2) is 0 Å². The van der Waals surface area contributed by atoms with Gasteiger partial charge < -0.3 is 4.74 Å². The lowest BCUT2D eigenvalue weighted by atomic mass is 10.1. The largest absolute Gasteiger partial charge is 0.462 e. The van der Waals surface area contributed by atoms with Crippen molar-refractivity contribution in [1.29, 1.82) is 0 Å². The normalized spacial score (nSPS) is 15.5. The lowest BCUT2D eigenvalue weighted by Gasteiger charge is -2.12. The van der Waals surface area contributed by atoms with E-state index in [-0.39, 0.29) is 11.9 Å². The maximum Gasteiger partial charge on any atom is 0.338 e. The lowest BCUT2D eigenvalue weighted by molar-refractivity contribution is -0.114. The van der Waals surface area contributed by atoms with E-state index in [9.17, 15) is 9.59 Å². The Morgan fingerprint density at radius 3 is 2.62 bits per heavy atom. The van der Waals surface area contributed by atoms with Crippen molar-refractivity contribution >= 4 is 40.7 Å². The zero-order chi connectivity index (χ0) is 18.5. The maximum absolute atomic E-state index is 12.9. The van der Waals surface area contributed by atoms with Crippen LogP contribution in [0.4, 0.5) is 5.69 Å². The fourth-order valence-electron chi connectivity index (χ4n) is 2.67. The molecule has 1 aliphatic heterocycles. The summed E-state index contributed by atoms with van der Waals surface area (Å²) < 4.78 is 4.98. The first-order chi connectivity index (χ1) is 12.6. The number of nitrogens with zero attached hydrogens (tertiary/aromatic N) is 2. The van der Waals surface area contributed by atoms with Crippen molar-refractivity contribution in [3.63, 3.8) is 0 Å².